The van der Waals surface area contributed by atoms with Crippen molar-refractivity contribution in [2.45, 2.75) is 31.9 Å². The molecule has 0 heterocycles. The molecule has 21 heavy (non-hydrogen) atoms. The second-order valence-electron chi connectivity index (χ2n) is 4.78. The number of carboxylic acid groups (broad SMARTS) is 1. The van der Waals surface area contributed by atoms with E-state index >= 15 is 0 Å². The number of carbonyl (C=O) groups is 2. The number of nitro groups is 1. The van der Waals surface area contributed by atoms with Gasteiger partial charge in [-0.3, -0.25) is 14.9 Å². The van der Waals surface area contributed by atoms with E-state index in [1.165, 1.54) is 13.0 Å². The zero-order valence-corrected chi connectivity index (χ0v) is 11.2. The maximum atomic E-state index is 11.7. The minimum Gasteiger partial charge on any atom is -0.481 e. The van der Waals surface area contributed by atoms with Gasteiger partial charge in [-0.1, -0.05) is 0 Å². The Balaban J connectivity index is 2.12. The van der Waals surface area contributed by atoms with Crippen LogP contribution in [0, 0.1) is 10.1 Å². The molecule has 2 N–H and O–H groups in total. The largest absolute Gasteiger partial charge is 0.481 e. The Morgan fingerprint density at radius 2 is 2.14 bits per heavy atom. The zero-order valence-electron chi connectivity index (χ0n) is 11.2. The van der Waals surface area contributed by atoms with Crippen molar-refractivity contribution < 1.29 is 24.4 Å². The van der Waals surface area contributed by atoms with E-state index in [2.05, 4.69) is 5.32 Å². The molecule has 1 aromatic rings. The van der Waals surface area contributed by atoms with Gasteiger partial charge in [-0.15, -0.1) is 0 Å². The lowest BCUT2D eigenvalue weighted by molar-refractivity contribution is -0.385. The topological polar surface area (TPSA) is 119 Å². The molecule has 1 fully saturated rings. The second kappa shape index (κ2) is 5.78. The molecule has 2 rings (SSSR count). The van der Waals surface area contributed by atoms with Crippen molar-refractivity contribution in [2.24, 2.45) is 0 Å². The van der Waals surface area contributed by atoms with Crippen molar-refractivity contribution in [1.82, 2.24) is 5.32 Å². The number of rotatable bonds is 6. The van der Waals surface area contributed by atoms with Crippen molar-refractivity contribution in [3.8, 4) is 5.75 Å². The molecule has 0 radical (unpaired) electrons. The summed E-state index contributed by atoms with van der Waals surface area (Å²) in [6.45, 7) is 1.53. The van der Waals surface area contributed by atoms with Crippen LogP contribution in [0.2, 0.25) is 0 Å². The third kappa shape index (κ3) is 3.68. The molecule has 1 aliphatic rings. The Kier molecular flexibility index (Phi) is 4.06. The molecule has 0 aromatic heterocycles. The summed E-state index contributed by atoms with van der Waals surface area (Å²) >= 11 is 0. The third-order valence-corrected chi connectivity index (χ3v) is 3.00. The normalized spacial score (nSPS) is 15.1. The predicted molar refractivity (Wildman–Crippen MR) is 71.3 cm³/mol. The first kappa shape index (κ1) is 14.8. The second-order valence-corrected chi connectivity index (χ2v) is 4.78. The minimum atomic E-state index is -1.43. The van der Waals surface area contributed by atoms with E-state index < -0.39 is 28.2 Å². The molecule has 0 spiro atoms. The standard InChI is InChI=1S/C13H14N2O6/c1-7(12(16)14-8-2-3-8)21-9-4-5-11(15(19)20)10(6-9)13(17)18/h4-8H,2-3H2,1H3,(H,14,16)(H,17,18). The Bertz CT molecular complexity index is 596. The van der Waals surface area contributed by atoms with Crippen molar-refractivity contribution in [1.29, 1.82) is 0 Å². The molecule has 1 unspecified atom stereocenters. The van der Waals surface area contributed by atoms with Gasteiger partial charge < -0.3 is 15.2 Å². The van der Waals surface area contributed by atoms with Crippen LogP contribution in [0.4, 0.5) is 5.69 Å². The van der Waals surface area contributed by atoms with Gasteiger partial charge in [0.1, 0.15) is 11.3 Å². The molecular formula is C13H14N2O6. The summed E-state index contributed by atoms with van der Waals surface area (Å²) in [5, 5.41) is 22.5. The van der Waals surface area contributed by atoms with Crippen molar-refractivity contribution in [2.75, 3.05) is 0 Å². The van der Waals surface area contributed by atoms with E-state index in [4.69, 9.17) is 9.84 Å². The van der Waals surface area contributed by atoms with Crippen molar-refractivity contribution >= 4 is 17.6 Å². The number of nitrogens with one attached hydrogen (secondary N) is 1. The highest BCUT2D eigenvalue weighted by molar-refractivity contribution is 5.93. The predicted octanol–water partition coefficient (Wildman–Crippen LogP) is 1.34. The molecule has 8 heteroatoms. The number of benzene rings is 1. The summed E-state index contributed by atoms with van der Waals surface area (Å²) in [6.07, 6.45) is 1.08. The van der Waals surface area contributed by atoms with Gasteiger partial charge >= 0.3 is 5.97 Å². The quantitative estimate of drug-likeness (QED) is 0.603. The average Bonchev–Trinajstić information content (AvgIpc) is 3.22. The summed E-state index contributed by atoms with van der Waals surface area (Å²) in [4.78, 5) is 32.7. The van der Waals surface area contributed by atoms with Crippen LogP contribution < -0.4 is 10.1 Å². The molecule has 1 atom stereocenters. The van der Waals surface area contributed by atoms with Crippen LogP contribution in [0.25, 0.3) is 0 Å². The first-order valence-corrected chi connectivity index (χ1v) is 6.37. The van der Waals surface area contributed by atoms with Crippen LogP contribution in [0.5, 0.6) is 5.75 Å². The summed E-state index contributed by atoms with van der Waals surface area (Å²) in [6, 6.07) is 3.55. The van der Waals surface area contributed by atoms with E-state index in [0.29, 0.717) is 0 Å². The van der Waals surface area contributed by atoms with E-state index in [0.717, 1.165) is 25.0 Å². The molecule has 0 aliphatic heterocycles. The molecule has 0 bridgehead atoms. The van der Waals surface area contributed by atoms with E-state index in [-0.39, 0.29) is 17.7 Å². The third-order valence-electron chi connectivity index (χ3n) is 3.00. The lowest BCUT2D eigenvalue weighted by Gasteiger charge is -2.14. The fourth-order valence-electron chi connectivity index (χ4n) is 1.72. The van der Waals surface area contributed by atoms with Gasteiger partial charge in [-0.25, -0.2) is 4.79 Å². The average molecular weight is 294 g/mol. The highest BCUT2D eigenvalue weighted by Gasteiger charge is 2.27. The maximum absolute atomic E-state index is 11.7. The molecule has 0 saturated heterocycles. The Labute approximate surface area is 119 Å². The number of amides is 1. The molecule has 1 aromatic carbocycles. The molecule has 8 nitrogen and oxygen atoms in total. The van der Waals surface area contributed by atoms with Gasteiger partial charge in [0, 0.05) is 18.2 Å². The van der Waals surface area contributed by atoms with Gasteiger partial charge in [0.2, 0.25) is 0 Å². The van der Waals surface area contributed by atoms with Crippen LogP contribution in [-0.4, -0.2) is 34.1 Å². The molecule has 1 amide bonds. The van der Waals surface area contributed by atoms with Gasteiger partial charge in [-0.2, -0.15) is 0 Å². The lowest BCUT2D eigenvalue weighted by atomic mass is 10.1. The summed E-state index contributed by atoms with van der Waals surface area (Å²) in [5.41, 5.74) is -1.00. The number of nitro benzene ring substituents is 1. The van der Waals surface area contributed by atoms with Crippen LogP contribution in [0.15, 0.2) is 18.2 Å². The number of ether oxygens (including phenoxy) is 1. The number of hydrogen-bond acceptors (Lipinski definition) is 5. The summed E-state index contributed by atoms with van der Waals surface area (Å²) in [5.74, 6) is -1.63. The highest BCUT2D eigenvalue weighted by atomic mass is 16.6. The van der Waals surface area contributed by atoms with E-state index in [1.54, 1.807) is 0 Å². The Morgan fingerprint density at radius 1 is 1.48 bits per heavy atom. The summed E-state index contributed by atoms with van der Waals surface area (Å²) < 4.78 is 5.33. The Hall–Kier alpha value is -2.64. The fraction of sp³-hybridized carbons (Fsp3) is 0.385. The minimum absolute atomic E-state index is 0.0939. The lowest BCUT2D eigenvalue weighted by Crippen LogP contribution is -2.37. The molecule has 1 saturated carbocycles. The highest BCUT2D eigenvalue weighted by Crippen LogP contribution is 2.25. The smallest absolute Gasteiger partial charge is 0.342 e. The van der Waals surface area contributed by atoms with Crippen molar-refractivity contribution in [3.05, 3.63) is 33.9 Å². The molecular weight excluding hydrogens is 280 g/mol. The first-order chi connectivity index (χ1) is 9.88. The number of aromatic carboxylic acids is 1. The SMILES string of the molecule is CC(Oc1ccc([N+](=O)[O-])c(C(=O)O)c1)C(=O)NC1CC1. The van der Waals surface area contributed by atoms with Gasteiger partial charge in [-0.05, 0) is 25.8 Å². The molecule has 112 valence electrons. The monoisotopic (exact) mass is 294 g/mol. The van der Waals surface area contributed by atoms with Crippen molar-refractivity contribution in [3.63, 3.8) is 0 Å². The van der Waals surface area contributed by atoms with Gasteiger partial charge in [0.25, 0.3) is 11.6 Å². The first-order valence-electron chi connectivity index (χ1n) is 6.37. The van der Waals surface area contributed by atoms with E-state index in [1.807, 2.05) is 0 Å². The van der Waals surface area contributed by atoms with Gasteiger partial charge in [0.15, 0.2) is 6.10 Å². The van der Waals surface area contributed by atoms with Crippen LogP contribution in [-0.2, 0) is 4.79 Å². The number of nitrogens with zero attached hydrogens (tertiary/aromatic N) is 1. The maximum Gasteiger partial charge on any atom is 0.342 e. The van der Waals surface area contributed by atoms with Gasteiger partial charge in [0.05, 0.1) is 4.92 Å². The van der Waals surface area contributed by atoms with Crippen LogP contribution in [0.3, 0.4) is 0 Å². The number of carbonyl (C=O) groups excluding carboxylic acids is 1. The van der Waals surface area contributed by atoms with Crippen LogP contribution in [0.1, 0.15) is 30.1 Å². The van der Waals surface area contributed by atoms with E-state index in [9.17, 15) is 19.7 Å². The van der Waals surface area contributed by atoms with Crippen LogP contribution >= 0.6 is 0 Å². The Morgan fingerprint density at radius 3 is 2.67 bits per heavy atom. The number of hydrogen-bond donors (Lipinski definition) is 2. The summed E-state index contributed by atoms with van der Waals surface area (Å²) in [7, 11) is 0. The molecule has 1 aliphatic carbocycles. The fourth-order valence-corrected chi connectivity index (χ4v) is 1.72. The number of carboxylic acids is 1. The zero-order chi connectivity index (χ0) is 15.6.